The summed E-state index contributed by atoms with van der Waals surface area (Å²) in [6, 6.07) is 9.94. The highest BCUT2D eigenvalue weighted by atomic mass is 35.5. The van der Waals surface area contributed by atoms with Crippen LogP contribution < -0.4 is 4.72 Å². The van der Waals surface area contributed by atoms with Gasteiger partial charge in [-0.15, -0.1) is 11.8 Å². The lowest BCUT2D eigenvalue weighted by Crippen LogP contribution is -2.14. The Morgan fingerprint density at radius 2 is 1.86 bits per heavy atom. The molecule has 0 saturated carbocycles. The number of benzene rings is 2. The van der Waals surface area contributed by atoms with Gasteiger partial charge in [0.05, 0.1) is 10.7 Å². The van der Waals surface area contributed by atoms with Crippen molar-refractivity contribution in [1.82, 2.24) is 0 Å². The molecule has 2 rings (SSSR count). The number of sulfonamides is 1. The molecule has 0 radical (unpaired) electrons. The van der Waals surface area contributed by atoms with E-state index in [1.165, 1.54) is 17.8 Å². The number of halogens is 2. The Kier molecular flexibility index (Phi) is 5.09. The standard InChI is InChI=1S/C14H13Cl2NO2S2/c1-9-4-3-5-13(14(9)16)21(18,19)17-11-8-10(15)6-7-12(11)20-2/h3-8,17H,1-2H3. The summed E-state index contributed by atoms with van der Waals surface area (Å²) in [5, 5.41) is 0.679. The fraction of sp³-hybridized carbons (Fsp3) is 0.143. The third kappa shape index (κ3) is 3.66. The van der Waals surface area contributed by atoms with Crippen molar-refractivity contribution in [2.24, 2.45) is 0 Å². The number of rotatable bonds is 4. The van der Waals surface area contributed by atoms with Gasteiger partial charge in [-0.3, -0.25) is 4.72 Å². The maximum atomic E-state index is 12.5. The van der Waals surface area contributed by atoms with Crippen LogP contribution in [0, 0.1) is 6.92 Å². The van der Waals surface area contributed by atoms with Crippen LogP contribution in [-0.4, -0.2) is 14.7 Å². The topological polar surface area (TPSA) is 46.2 Å². The van der Waals surface area contributed by atoms with E-state index < -0.39 is 10.0 Å². The summed E-state index contributed by atoms with van der Waals surface area (Å²) in [6.07, 6.45) is 1.86. The second-order valence-electron chi connectivity index (χ2n) is 4.34. The molecule has 7 heteroatoms. The molecule has 0 amide bonds. The van der Waals surface area contributed by atoms with Gasteiger partial charge in [0.2, 0.25) is 0 Å². The van der Waals surface area contributed by atoms with E-state index in [1.807, 2.05) is 6.26 Å². The van der Waals surface area contributed by atoms with E-state index in [4.69, 9.17) is 23.2 Å². The van der Waals surface area contributed by atoms with E-state index in [2.05, 4.69) is 4.72 Å². The summed E-state index contributed by atoms with van der Waals surface area (Å²) < 4.78 is 27.6. The summed E-state index contributed by atoms with van der Waals surface area (Å²) in [5.74, 6) is 0. The normalized spacial score (nSPS) is 11.4. The van der Waals surface area contributed by atoms with Gasteiger partial charge in [0, 0.05) is 9.92 Å². The maximum absolute atomic E-state index is 12.5. The van der Waals surface area contributed by atoms with Crippen LogP contribution in [0.3, 0.4) is 0 Å². The molecule has 112 valence electrons. The molecule has 2 aromatic carbocycles. The van der Waals surface area contributed by atoms with Crippen molar-refractivity contribution in [3.63, 3.8) is 0 Å². The molecule has 3 nitrogen and oxygen atoms in total. The number of hydrogen-bond donors (Lipinski definition) is 1. The fourth-order valence-corrected chi connectivity index (χ4v) is 4.21. The molecule has 21 heavy (non-hydrogen) atoms. The van der Waals surface area contributed by atoms with Crippen LogP contribution in [0.2, 0.25) is 10.0 Å². The van der Waals surface area contributed by atoms with Crippen LogP contribution in [0.25, 0.3) is 0 Å². The average molecular weight is 362 g/mol. The average Bonchev–Trinajstić information content (AvgIpc) is 2.41. The van der Waals surface area contributed by atoms with Crippen LogP contribution in [0.4, 0.5) is 5.69 Å². The van der Waals surface area contributed by atoms with Gasteiger partial charge >= 0.3 is 0 Å². The van der Waals surface area contributed by atoms with Crippen LogP contribution in [0.1, 0.15) is 5.56 Å². The Labute approximate surface area is 138 Å². The van der Waals surface area contributed by atoms with E-state index >= 15 is 0 Å². The largest absolute Gasteiger partial charge is 0.278 e. The van der Waals surface area contributed by atoms with Gasteiger partial charge in [-0.2, -0.15) is 0 Å². The SMILES string of the molecule is CSc1ccc(Cl)cc1NS(=O)(=O)c1cccc(C)c1Cl. The summed E-state index contributed by atoms with van der Waals surface area (Å²) in [7, 11) is -3.77. The van der Waals surface area contributed by atoms with Crippen molar-refractivity contribution < 1.29 is 8.42 Å². The summed E-state index contributed by atoms with van der Waals surface area (Å²) in [6.45, 7) is 1.76. The van der Waals surface area contributed by atoms with Crippen molar-refractivity contribution in [2.75, 3.05) is 11.0 Å². The maximum Gasteiger partial charge on any atom is 0.263 e. The molecule has 0 aromatic heterocycles. The Morgan fingerprint density at radius 3 is 2.52 bits per heavy atom. The fourth-order valence-electron chi connectivity index (χ4n) is 1.79. The molecule has 2 aromatic rings. The Bertz CT molecular complexity index is 777. The summed E-state index contributed by atoms with van der Waals surface area (Å²) in [5.41, 5.74) is 1.14. The van der Waals surface area contributed by atoms with Gasteiger partial charge < -0.3 is 0 Å². The van der Waals surface area contributed by atoms with Gasteiger partial charge in [0.1, 0.15) is 4.90 Å². The van der Waals surface area contributed by atoms with Crippen molar-refractivity contribution in [2.45, 2.75) is 16.7 Å². The van der Waals surface area contributed by atoms with Gasteiger partial charge in [-0.25, -0.2) is 8.42 Å². The Morgan fingerprint density at radius 1 is 1.14 bits per heavy atom. The van der Waals surface area contributed by atoms with Crippen LogP contribution >= 0.6 is 35.0 Å². The first-order chi connectivity index (χ1) is 9.85. The molecular formula is C14H13Cl2NO2S2. The molecule has 0 atom stereocenters. The highest BCUT2D eigenvalue weighted by Gasteiger charge is 2.20. The molecule has 0 saturated heterocycles. The van der Waals surface area contributed by atoms with Gasteiger partial charge in [0.15, 0.2) is 0 Å². The number of nitrogens with one attached hydrogen (secondary N) is 1. The first-order valence-electron chi connectivity index (χ1n) is 5.96. The lowest BCUT2D eigenvalue weighted by molar-refractivity contribution is 0.601. The van der Waals surface area contributed by atoms with Gasteiger partial charge in [0.25, 0.3) is 10.0 Å². The Hall–Kier alpha value is -0.880. The zero-order chi connectivity index (χ0) is 15.6. The highest BCUT2D eigenvalue weighted by molar-refractivity contribution is 7.99. The minimum absolute atomic E-state index is 0.0520. The van der Waals surface area contributed by atoms with E-state index in [9.17, 15) is 8.42 Å². The van der Waals surface area contributed by atoms with Crippen molar-refractivity contribution in [3.8, 4) is 0 Å². The van der Waals surface area contributed by atoms with Crippen LogP contribution in [-0.2, 0) is 10.0 Å². The molecule has 0 unspecified atom stereocenters. The molecule has 0 spiro atoms. The monoisotopic (exact) mass is 361 g/mol. The zero-order valence-electron chi connectivity index (χ0n) is 11.4. The third-order valence-electron chi connectivity index (χ3n) is 2.85. The van der Waals surface area contributed by atoms with Gasteiger partial charge in [-0.1, -0.05) is 35.3 Å². The van der Waals surface area contributed by atoms with Crippen LogP contribution in [0.15, 0.2) is 46.2 Å². The second kappa shape index (κ2) is 6.48. The smallest absolute Gasteiger partial charge is 0.263 e. The van der Waals surface area contributed by atoms with Crippen molar-refractivity contribution >= 4 is 50.7 Å². The van der Waals surface area contributed by atoms with E-state index in [-0.39, 0.29) is 9.92 Å². The van der Waals surface area contributed by atoms with E-state index in [0.29, 0.717) is 16.3 Å². The molecule has 0 aliphatic rings. The summed E-state index contributed by atoms with van der Waals surface area (Å²) in [4.78, 5) is 0.836. The quantitative estimate of drug-likeness (QED) is 0.793. The minimum Gasteiger partial charge on any atom is -0.278 e. The second-order valence-corrected chi connectivity index (χ2v) is 7.65. The van der Waals surface area contributed by atoms with Crippen molar-refractivity contribution in [3.05, 3.63) is 52.0 Å². The predicted octanol–water partition coefficient (Wildman–Crippen LogP) is 4.82. The van der Waals surface area contributed by atoms with E-state index in [1.54, 1.807) is 37.3 Å². The molecule has 0 heterocycles. The predicted molar refractivity (Wildman–Crippen MR) is 90.2 cm³/mol. The first kappa shape index (κ1) is 16.5. The minimum atomic E-state index is -3.77. The molecule has 1 N–H and O–H groups in total. The lowest BCUT2D eigenvalue weighted by Gasteiger charge is -2.13. The number of anilines is 1. The molecule has 0 aliphatic carbocycles. The third-order valence-corrected chi connectivity index (χ3v) is 5.90. The molecule has 0 fully saturated rings. The molecular weight excluding hydrogens is 349 g/mol. The number of thioether (sulfide) groups is 1. The molecule has 0 bridgehead atoms. The lowest BCUT2D eigenvalue weighted by atomic mass is 10.2. The summed E-state index contributed by atoms with van der Waals surface area (Å²) >= 11 is 13.5. The highest BCUT2D eigenvalue weighted by Crippen LogP contribution is 2.32. The van der Waals surface area contributed by atoms with E-state index in [0.717, 1.165) is 4.90 Å². The number of hydrogen-bond acceptors (Lipinski definition) is 3. The zero-order valence-corrected chi connectivity index (χ0v) is 14.5. The first-order valence-corrected chi connectivity index (χ1v) is 9.43. The number of aryl methyl sites for hydroxylation is 1. The van der Waals surface area contributed by atoms with Crippen LogP contribution in [0.5, 0.6) is 0 Å². The Balaban J connectivity index is 2.47. The van der Waals surface area contributed by atoms with Crippen molar-refractivity contribution in [1.29, 1.82) is 0 Å². The molecule has 0 aliphatic heterocycles. The van der Waals surface area contributed by atoms with Gasteiger partial charge in [-0.05, 0) is 43.0 Å².